The third-order valence-corrected chi connectivity index (χ3v) is 5.14. The van der Waals surface area contributed by atoms with Gasteiger partial charge in [-0.3, -0.25) is 14.6 Å². The van der Waals surface area contributed by atoms with Crippen molar-refractivity contribution in [3.8, 4) is 6.07 Å². The lowest BCUT2D eigenvalue weighted by molar-refractivity contribution is -0.122. The van der Waals surface area contributed by atoms with Crippen LogP contribution in [0.15, 0.2) is 54.9 Å². The van der Waals surface area contributed by atoms with Gasteiger partial charge in [-0.2, -0.15) is 5.26 Å². The first-order valence-electron chi connectivity index (χ1n) is 8.01. The summed E-state index contributed by atoms with van der Waals surface area (Å²) in [5.41, 5.74) is 0.767. The predicted octanol–water partition coefficient (Wildman–Crippen LogP) is 0.435. The molecule has 0 saturated heterocycles. The molecule has 8 nitrogen and oxygen atoms in total. The number of aromatic nitrogens is 1. The minimum absolute atomic E-state index is 0.292. The highest BCUT2D eigenvalue weighted by Gasteiger charge is 2.27. The Hall–Kier alpha value is -3.25. The summed E-state index contributed by atoms with van der Waals surface area (Å²) in [6, 6.07) is 11.8. The van der Waals surface area contributed by atoms with Crippen molar-refractivity contribution in [2.24, 2.45) is 0 Å². The van der Waals surface area contributed by atoms with Crippen LogP contribution < -0.4 is 10.6 Å². The molecule has 2 rings (SSSR count). The lowest BCUT2D eigenvalue weighted by atomic mass is 10.2. The Morgan fingerprint density at radius 3 is 2.52 bits per heavy atom. The van der Waals surface area contributed by atoms with E-state index in [1.54, 1.807) is 48.5 Å². The molecule has 0 bridgehead atoms. The molecule has 0 saturated carbocycles. The molecule has 2 amide bonds. The van der Waals surface area contributed by atoms with Gasteiger partial charge in [-0.15, -0.1) is 0 Å². The maximum Gasteiger partial charge on any atom is 0.251 e. The smallest absolute Gasteiger partial charge is 0.251 e. The van der Waals surface area contributed by atoms with Crippen LogP contribution in [-0.4, -0.2) is 43.6 Å². The van der Waals surface area contributed by atoms with Crippen LogP contribution >= 0.6 is 0 Å². The summed E-state index contributed by atoms with van der Waals surface area (Å²) >= 11 is 0. The molecule has 2 N–H and O–H groups in total. The molecule has 1 unspecified atom stereocenters. The minimum atomic E-state index is -3.73. The topological polar surface area (TPSA) is 129 Å². The summed E-state index contributed by atoms with van der Waals surface area (Å²) in [4.78, 5) is 28.4. The standard InChI is InChI=1S/C18H18N4O4S/c19-8-10-21-18(24)16(22-17(23)15-6-2-1-3-7-15)13-27(25,26)12-14-5-4-9-20-11-14/h1-7,9,11,16H,10,12-13H2,(H,21,24)(H,22,23). The van der Waals surface area contributed by atoms with E-state index in [9.17, 15) is 18.0 Å². The van der Waals surface area contributed by atoms with Crippen LogP contribution in [0.25, 0.3) is 0 Å². The first-order valence-corrected chi connectivity index (χ1v) is 9.83. The molecule has 1 aromatic heterocycles. The van der Waals surface area contributed by atoms with Crippen LogP contribution in [0.1, 0.15) is 15.9 Å². The van der Waals surface area contributed by atoms with E-state index < -0.39 is 33.4 Å². The fourth-order valence-electron chi connectivity index (χ4n) is 2.31. The lowest BCUT2D eigenvalue weighted by Gasteiger charge is -2.18. The van der Waals surface area contributed by atoms with Gasteiger partial charge in [0.1, 0.15) is 12.6 Å². The second kappa shape index (κ2) is 9.45. The van der Waals surface area contributed by atoms with Crippen LogP contribution in [0.5, 0.6) is 0 Å². The van der Waals surface area contributed by atoms with E-state index in [1.165, 1.54) is 12.4 Å². The number of hydrogen-bond acceptors (Lipinski definition) is 6. The van der Waals surface area contributed by atoms with Gasteiger partial charge in [-0.05, 0) is 23.8 Å². The number of carbonyl (C=O) groups is 2. The molecule has 0 aliphatic heterocycles. The van der Waals surface area contributed by atoms with Gasteiger partial charge >= 0.3 is 0 Å². The average molecular weight is 386 g/mol. The number of amides is 2. The van der Waals surface area contributed by atoms with Crippen LogP contribution in [0.3, 0.4) is 0 Å². The van der Waals surface area contributed by atoms with E-state index >= 15 is 0 Å². The second-order valence-corrected chi connectivity index (χ2v) is 7.79. The fraction of sp³-hybridized carbons (Fsp3) is 0.222. The largest absolute Gasteiger partial charge is 0.341 e. The van der Waals surface area contributed by atoms with Gasteiger partial charge in [0.2, 0.25) is 5.91 Å². The monoisotopic (exact) mass is 386 g/mol. The van der Waals surface area contributed by atoms with Crippen molar-refractivity contribution >= 4 is 21.7 Å². The quantitative estimate of drug-likeness (QED) is 0.633. The number of pyridine rings is 1. The van der Waals surface area contributed by atoms with Gasteiger partial charge in [-0.25, -0.2) is 8.42 Å². The van der Waals surface area contributed by atoms with Crippen molar-refractivity contribution in [2.75, 3.05) is 12.3 Å². The minimum Gasteiger partial charge on any atom is -0.341 e. The third-order valence-electron chi connectivity index (χ3n) is 3.53. The molecule has 1 atom stereocenters. The highest BCUT2D eigenvalue weighted by atomic mass is 32.2. The van der Waals surface area contributed by atoms with E-state index in [0.29, 0.717) is 11.1 Å². The van der Waals surface area contributed by atoms with E-state index in [2.05, 4.69) is 15.6 Å². The molecular weight excluding hydrogens is 368 g/mol. The zero-order chi connectivity index (χ0) is 19.7. The van der Waals surface area contributed by atoms with Gasteiger partial charge in [0.25, 0.3) is 5.91 Å². The number of nitrogens with zero attached hydrogens (tertiary/aromatic N) is 2. The second-order valence-electron chi connectivity index (χ2n) is 5.68. The Morgan fingerprint density at radius 2 is 1.89 bits per heavy atom. The zero-order valence-electron chi connectivity index (χ0n) is 14.3. The molecule has 0 aliphatic rings. The number of hydrogen-bond donors (Lipinski definition) is 2. The Labute approximate surface area is 157 Å². The van der Waals surface area contributed by atoms with Gasteiger partial charge in [0.05, 0.1) is 17.6 Å². The summed E-state index contributed by atoms with van der Waals surface area (Å²) in [5.74, 6) is -2.23. The number of carbonyl (C=O) groups excluding carboxylic acids is 2. The fourth-order valence-corrected chi connectivity index (χ4v) is 3.85. The van der Waals surface area contributed by atoms with Crippen LogP contribution in [0.2, 0.25) is 0 Å². The third kappa shape index (κ3) is 6.52. The number of sulfone groups is 1. The van der Waals surface area contributed by atoms with E-state index in [0.717, 1.165) is 0 Å². The normalized spacial score (nSPS) is 11.8. The van der Waals surface area contributed by atoms with E-state index in [-0.39, 0.29) is 12.3 Å². The summed E-state index contributed by atoms with van der Waals surface area (Å²) in [5, 5.41) is 13.3. The molecule has 0 spiro atoms. The van der Waals surface area contributed by atoms with Crippen LogP contribution in [-0.2, 0) is 20.4 Å². The molecule has 0 aliphatic carbocycles. The van der Waals surface area contributed by atoms with E-state index in [1.807, 2.05) is 0 Å². The molecule has 1 aromatic carbocycles. The lowest BCUT2D eigenvalue weighted by Crippen LogP contribution is -2.50. The van der Waals surface area contributed by atoms with Crippen LogP contribution in [0, 0.1) is 11.3 Å². The maximum absolute atomic E-state index is 12.5. The average Bonchev–Trinajstić information content (AvgIpc) is 2.66. The van der Waals surface area contributed by atoms with Crippen molar-refractivity contribution in [2.45, 2.75) is 11.8 Å². The van der Waals surface area contributed by atoms with Gasteiger partial charge in [-0.1, -0.05) is 24.3 Å². The van der Waals surface area contributed by atoms with Gasteiger partial charge in [0, 0.05) is 18.0 Å². The molecule has 27 heavy (non-hydrogen) atoms. The predicted molar refractivity (Wildman–Crippen MR) is 98.0 cm³/mol. The van der Waals surface area contributed by atoms with Crippen LogP contribution in [0.4, 0.5) is 0 Å². The molecule has 9 heteroatoms. The molecule has 0 radical (unpaired) electrons. The molecular formula is C18H18N4O4S. The summed E-state index contributed by atoms with van der Waals surface area (Å²) < 4.78 is 25.0. The molecule has 1 heterocycles. The first-order chi connectivity index (χ1) is 12.9. The zero-order valence-corrected chi connectivity index (χ0v) is 15.1. The number of nitriles is 1. The van der Waals surface area contributed by atoms with Crippen molar-refractivity contribution in [3.63, 3.8) is 0 Å². The summed E-state index contributed by atoms with van der Waals surface area (Å²) in [6.45, 7) is -0.292. The highest BCUT2D eigenvalue weighted by Crippen LogP contribution is 2.08. The molecule has 2 aromatic rings. The highest BCUT2D eigenvalue weighted by molar-refractivity contribution is 7.90. The van der Waals surface area contributed by atoms with Crippen molar-refractivity contribution in [1.82, 2.24) is 15.6 Å². The summed E-state index contributed by atoms with van der Waals surface area (Å²) in [7, 11) is -3.73. The Bertz CT molecular complexity index is 925. The number of nitrogens with one attached hydrogen (secondary N) is 2. The van der Waals surface area contributed by atoms with Crippen molar-refractivity contribution < 1.29 is 18.0 Å². The SMILES string of the molecule is N#CCNC(=O)C(CS(=O)(=O)Cc1cccnc1)NC(=O)c1ccccc1. The van der Waals surface area contributed by atoms with Crippen molar-refractivity contribution in [1.29, 1.82) is 5.26 Å². The van der Waals surface area contributed by atoms with Gasteiger partial charge < -0.3 is 10.6 Å². The van der Waals surface area contributed by atoms with Crippen molar-refractivity contribution in [3.05, 3.63) is 66.0 Å². The molecule has 0 fully saturated rings. The Kier molecular flexibility index (Phi) is 7.02. The summed E-state index contributed by atoms with van der Waals surface area (Å²) in [6.07, 6.45) is 2.94. The van der Waals surface area contributed by atoms with E-state index in [4.69, 9.17) is 5.26 Å². The maximum atomic E-state index is 12.5. The number of rotatable bonds is 8. The Balaban J connectivity index is 2.15. The van der Waals surface area contributed by atoms with Gasteiger partial charge in [0.15, 0.2) is 9.84 Å². The molecule has 140 valence electrons. The number of benzene rings is 1. The Morgan fingerprint density at radius 1 is 1.15 bits per heavy atom. The first kappa shape index (κ1) is 20.1.